The molecule has 0 N–H and O–H groups in total. The zero-order valence-corrected chi connectivity index (χ0v) is 46.6. The van der Waals surface area contributed by atoms with Gasteiger partial charge >= 0.3 is 17.9 Å². The first-order chi connectivity index (χ1) is 34.0. The quantitative estimate of drug-likeness (QED) is 0.0261. The van der Waals surface area contributed by atoms with E-state index in [0.717, 1.165) is 57.8 Å². The maximum atomic E-state index is 12.9. The van der Waals surface area contributed by atoms with Crippen molar-refractivity contribution in [3.05, 3.63) is 24.3 Å². The van der Waals surface area contributed by atoms with E-state index in [1.165, 1.54) is 244 Å². The van der Waals surface area contributed by atoms with E-state index in [9.17, 15) is 14.4 Å². The summed E-state index contributed by atoms with van der Waals surface area (Å²) in [7, 11) is 0. The van der Waals surface area contributed by atoms with Gasteiger partial charge < -0.3 is 14.2 Å². The summed E-state index contributed by atoms with van der Waals surface area (Å²) in [6, 6.07) is 0. The molecule has 0 saturated carbocycles. The van der Waals surface area contributed by atoms with Crippen molar-refractivity contribution < 1.29 is 28.6 Å². The predicted molar refractivity (Wildman–Crippen MR) is 298 cm³/mol. The molecule has 0 aliphatic heterocycles. The van der Waals surface area contributed by atoms with E-state index in [1.807, 2.05) is 0 Å². The minimum absolute atomic E-state index is 0.0679. The van der Waals surface area contributed by atoms with Crippen molar-refractivity contribution in [1.82, 2.24) is 0 Å². The molecule has 0 aliphatic rings. The summed E-state index contributed by atoms with van der Waals surface area (Å²) in [4.78, 5) is 38.1. The van der Waals surface area contributed by atoms with E-state index in [-0.39, 0.29) is 31.1 Å². The summed E-state index contributed by atoms with van der Waals surface area (Å²) < 4.78 is 16.9. The first kappa shape index (κ1) is 66.9. The van der Waals surface area contributed by atoms with Gasteiger partial charge in [-0.1, -0.05) is 276 Å². The highest BCUT2D eigenvalue weighted by Crippen LogP contribution is 2.17. The Morgan fingerprint density at radius 1 is 0.275 bits per heavy atom. The van der Waals surface area contributed by atoms with Crippen LogP contribution in [0.15, 0.2) is 24.3 Å². The van der Waals surface area contributed by atoms with Crippen LogP contribution in [0.5, 0.6) is 0 Å². The molecule has 1 unspecified atom stereocenters. The van der Waals surface area contributed by atoms with E-state index in [4.69, 9.17) is 14.2 Å². The van der Waals surface area contributed by atoms with Gasteiger partial charge in [0, 0.05) is 19.3 Å². The Hall–Kier alpha value is -2.11. The number of hydrogen-bond donors (Lipinski definition) is 0. The number of esters is 3. The van der Waals surface area contributed by atoms with Crippen LogP contribution in [0.2, 0.25) is 0 Å². The third kappa shape index (κ3) is 56.7. The van der Waals surface area contributed by atoms with Crippen molar-refractivity contribution in [2.24, 2.45) is 0 Å². The zero-order chi connectivity index (χ0) is 50.0. The molecule has 0 amide bonds. The van der Waals surface area contributed by atoms with Crippen LogP contribution in [-0.4, -0.2) is 37.2 Å². The molecule has 0 aromatic rings. The average molecular weight is 972 g/mol. The molecule has 0 aromatic carbocycles. The standard InChI is InChI=1S/C63H118O6/c1-4-7-10-13-16-19-21-23-25-27-29-30-31-32-34-35-37-39-41-44-47-50-53-56-62(65)68-59-60(58-67-61(64)55-52-49-46-43-18-15-12-9-6-3)69-63(66)57-54-51-48-45-42-40-38-36-33-28-26-24-22-20-17-14-11-8-5-2/h24,26-27,29,60H,4-23,25,28,30-59H2,1-3H3/b26-24-,29-27-. The molecule has 0 bridgehead atoms. The molecule has 0 aromatic heterocycles. The second-order valence-corrected chi connectivity index (χ2v) is 21.0. The summed E-state index contributed by atoms with van der Waals surface area (Å²) >= 11 is 0. The lowest BCUT2D eigenvalue weighted by molar-refractivity contribution is -0.167. The molecule has 6 heteroatoms. The molecule has 0 aliphatic carbocycles. The Morgan fingerprint density at radius 2 is 0.478 bits per heavy atom. The average Bonchev–Trinajstić information content (AvgIpc) is 3.35. The van der Waals surface area contributed by atoms with E-state index in [1.54, 1.807) is 0 Å². The smallest absolute Gasteiger partial charge is 0.306 e. The first-order valence-corrected chi connectivity index (χ1v) is 30.8. The van der Waals surface area contributed by atoms with Crippen molar-refractivity contribution >= 4 is 17.9 Å². The third-order valence-corrected chi connectivity index (χ3v) is 13.9. The molecule has 0 saturated heterocycles. The number of carbonyl (C=O) groups excluding carboxylic acids is 3. The molecule has 0 radical (unpaired) electrons. The largest absolute Gasteiger partial charge is 0.462 e. The molecular formula is C63H118O6. The van der Waals surface area contributed by atoms with Gasteiger partial charge in [0.1, 0.15) is 13.2 Å². The van der Waals surface area contributed by atoms with Crippen LogP contribution in [-0.2, 0) is 28.6 Å². The molecule has 69 heavy (non-hydrogen) atoms. The van der Waals surface area contributed by atoms with Crippen molar-refractivity contribution in [2.75, 3.05) is 13.2 Å². The van der Waals surface area contributed by atoms with Gasteiger partial charge in [0.25, 0.3) is 0 Å². The zero-order valence-electron chi connectivity index (χ0n) is 46.6. The molecule has 1 atom stereocenters. The maximum Gasteiger partial charge on any atom is 0.306 e. The van der Waals surface area contributed by atoms with Crippen molar-refractivity contribution in [3.63, 3.8) is 0 Å². The second-order valence-electron chi connectivity index (χ2n) is 21.0. The fourth-order valence-electron chi connectivity index (χ4n) is 9.26. The number of carbonyl (C=O) groups is 3. The molecular weight excluding hydrogens is 853 g/mol. The number of unbranched alkanes of at least 4 members (excludes halogenated alkanes) is 42. The van der Waals surface area contributed by atoms with Crippen LogP contribution in [0.4, 0.5) is 0 Å². The Bertz CT molecular complexity index is 1110. The number of allylic oxidation sites excluding steroid dienone is 4. The van der Waals surface area contributed by atoms with Gasteiger partial charge in [-0.2, -0.15) is 0 Å². The minimum atomic E-state index is -0.768. The number of ether oxygens (including phenoxy) is 3. The molecule has 0 heterocycles. The summed E-state index contributed by atoms with van der Waals surface area (Å²) in [5.41, 5.74) is 0. The lowest BCUT2D eigenvalue weighted by Gasteiger charge is -2.18. The topological polar surface area (TPSA) is 78.9 Å². The third-order valence-electron chi connectivity index (χ3n) is 13.9. The Kier molecular flexibility index (Phi) is 56.7. The molecule has 0 rings (SSSR count). The maximum absolute atomic E-state index is 12.9. The van der Waals surface area contributed by atoms with Gasteiger partial charge in [-0.15, -0.1) is 0 Å². The van der Waals surface area contributed by atoms with Crippen LogP contribution >= 0.6 is 0 Å². The first-order valence-electron chi connectivity index (χ1n) is 30.8. The Balaban J connectivity index is 4.19. The highest BCUT2D eigenvalue weighted by Gasteiger charge is 2.19. The fraction of sp³-hybridized carbons (Fsp3) is 0.889. The van der Waals surface area contributed by atoms with E-state index in [2.05, 4.69) is 45.1 Å². The van der Waals surface area contributed by atoms with Gasteiger partial charge in [-0.25, -0.2) is 0 Å². The minimum Gasteiger partial charge on any atom is -0.462 e. The summed E-state index contributed by atoms with van der Waals surface area (Å²) in [5.74, 6) is -0.852. The molecule has 0 spiro atoms. The van der Waals surface area contributed by atoms with E-state index >= 15 is 0 Å². The van der Waals surface area contributed by atoms with Gasteiger partial charge in [0.15, 0.2) is 6.10 Å². The molecule has 6 nitrogen and oxygen atoms in total. The van der Waals surface area contributed by atoms with Crippen LogP contribution in [0.3, 0.4) is 0 Å². The lowest BCUT2D eigenvalue weighted by atomic mass is 10.0. The van der Waals surface area contributed by atoms with Gasteiger partial charge in [0.05, 0.1) is 0 Å². The Labute approximate surface area is 430 Å². The van der Waals surface area contributed by atoms with Gasteiger partial charge in [-0.3, -0.25) is 14.4 Å². The van der Waals surface area contributed by atoms with E-state index in [0.29, 0.717) is 19.3 Å². The highest BCUT2D eigenvalue weighted by atomic mass is 16.6. The Morgan fingerprint density at radius 3 is 0.725 bits per heavy atom. The van der Waals surface area contributed by atoms with Gasteiger partial charge in [-0.05, 0) is 70.6 Å². The van der Waals surface area contributed by atoms with Crippen molar-refractivity contribution in [3.8, 4) is 0 Å². The van der Waals surface area contributed by atoms with Crippen molar-refractivity contribution in [2.45, 2.75) is 348 Å². The molecule has 0 fully saturated rings. The lowest BCUT2D eigenvalue weighted by Crippen LogP contribution is -2.30. The summed E-state index contributed by atoms with van der Waals surface area (Å²) in [5, 5.41) is 0. The normalized spacial score (nSPS) is 12.1. The summed E-state index contributed by atoms with van der Waals surface area (Å²) in [6.45, 7) is 6.67. The summed E-state index contributed by atoms with van der Waals surface area (Å²) in [6.07, 6.45) is 69.0. The van der Waals surface area contributed by atoms with Crippen LogP contribution in [0, 0.1) is 0 Å². The van der Waals surface area contributed by atoms with E-state index < -0.39 is 6.10 Å². The highest BCUT2D eigenvalue weighted by molar-refractivity contribution is 5.71. The second kappa shape index (κ2) is 58.5. The van der Waals surface area contributed by atoms with Gasteiger partial charge in [0.2, 0.25) is 0 Å². The van der Waals surface area contributed by atoms with Crippen molar-refractivity contribution in [1.29, 1.82) is 0 Å². The van der Waals surface area contributed by atoms with Crippen LogP contribution in [0.25, 0.3) is 0 Å². The number of hydrogen-bond acceptors (Lipinski definition) is 6. The van der Waals surface area contributed by atoms with Crippen LogP contribution < -0.4 is 0 Å². The predicted octanol–water partition coefficient (Wildman–Crippen LogP) is 20.7. The fourth-order valence-corrected chi connectivity index (χ4v) is 9.26. The SMILES string of the molecule is CCCCCCCC/C=C\CCCCCCCCCCCC(=O)OC(COC(=O)CCCCCCCCCCC)COC(=O)CCCCCCCCCCCCC/C=C\CCCCCCCCCC. The molecule has 406 valence electrons. The number of rotatable bonds is 57. The van der Waals surface area contributed by atoms with Crippen LogP contribution in [0.1, 0.15) is 342 Å². The monoisotopic (exact) mass is 971 g/mol.